The molecule has 3 aromatic rings. The number of piperidine rings is 1. The van der Waals surface area contributed by atoms with Crippen molar-refractivity contribution in [3.8, 4) is 0 Å². The minimum atomic E-state index is -0.192. The molecule has 0 spiro atoms. The van der Waals surface area contributed by atoms with E-state index in [-0.39, 0.29) is 17.6 Å². The Labute approximate surface area is 175 Å². The summed E-state index contributed by atoms with van der Waals surface area (Å²) in [4.78, 5) is 19.6. The molecule has 1 fully saturated rings. The van der Waals surface area contributed by atoms with Gasteiger partial charge >= 0.3 is 0 Å². The zero-order chi connectivity index (χ0) is 21.1. The first kappa shape index (κ1) is 20.5. The molecule has 6 nitrogen and oxygen atoms in total. The molecule has 0 saturated carbocycles. The van der Waals surface area contributed by atoms with Crippen LogP contribution < -0.4 is 5.73 Å². The predicted molar refractivity (Wildman–Crippen MR) is 114 cm³/mol. The van der Waals surface area contributed by atoms with Gasteiger partial charge in [-0.3, -0.25) is 9.78 Å². The fourth-order valence-electron chi connectivity index (χ4n) is 4.27. The molecular weight excluding hydrogens is 383 g/mol. The number of hydrogen-bond donors (Lipinski definition) is 1. The Balaban J connectivity index is 1.52. The van der Waals surface area contributed by atoms with Gasteiger partial charge in [0, 0.05) is 39.5 Å². The molecule has 1 aromatic carbocycles. The van der Waals surface area contributed by atoms with Crippen molar-refractivity contribution in [2.75, 3.05) is 26.8 Å². The van der Waals surface area contributed by atoms with Crippen LogP contribution in [0.25, 0.3) is 11.0 Å². The number of amides is 1. The maximum absolute atomic E-state index is 14.4. The Morgan fingerprint density at radius 1 is 1.27 bits per heavy atom. The third kappa shape index (κ3) is 3.95. The van der Waals surface area contributed by atoms with Crippen LogP contribution in [-0.2, 0) is 17.8 Å². The average molecular weight is 410 g/mol. The molecule has 2 N–H and O–H groups in total. The standard InChI is InChI=1S/C23H27FN4O2/c1-30-12-11-28-21-3-2-8-26-20(21)14-22(28)23(29)27-9-6-17(7-10-27)18-13-16(15-25)4-5-19(18)24/h2-5,8,13-14,17H,6-7,9-12,15,25H2,1H3. The lowest BCUT2D eigenvalue weighted by Gasteiger charge is -2.32. The van der Waals surface area contributed by atoms with Crippen molar-refractivity contribution < 1.29 is 13.9 Å². The lowest BCUT2D eigenvalue weighted by molar-refractivity contribution is 0.0699. The van der Waals surface area contributed by atoms with Gasteiger partial charge in [-0.15, -0.1) is 0 Å². The van der Waals surface area contributed by atoms with Gasteiger partial charge in [-0.2, -0.15) is 0 Å². The van der Waals surface area contributed by atoms with E-state index in [1.54, 1.807) is 19.4 Å². The van der Waals surface area contributed by atoms with E-state index in [2.05, 4.69) is 4.98 Å². The van der Waals surface area contributed by atoms with Crippen LogP contribution in [0.4, 0.5) is 4.39 Å². The molecule has 1 aliphatic rings. The smallest absolute Gasteiger partial charge is 0.270 e. The summed E-state index contributed by atoms with van der Waals surface area (Å²) in [6.07, 6.45) is 3.19. The number of likely N-dealkylation sites (tertiary alicyclic amines) is 1. The van der Waals surface area contributed by atoms with Crippen molar-refractivity contribution in [3.05, 3.63) is 65.2 Å². The summed E-state index contributed by atoms with van der Waals surface area (Å²) in [7, 11) is 1.65. The lowest BCUT2D eigenvalue weighted by Crippen LogP contribution is -2.39. The molecule has 1 amide bonds. The van der Waals surface area contributed by atoms with Gasteiger partial charge in [0.25, 0.3) is 5.91 Å². The first-order valence-corrected chi connectivity index (χ1v) is 10.3. The minimum Gasteiger partial charge on any atom is -0.383 e. The first-order chi connectivity index (χ1) is 14.6. The highest BCUT2D eigenvalue weighted by Gasteiger charge is 2.28. The molecule has 30 heavy (non-hydrogen) atoms. The summed E-state index contributed by atoms with van der Waals surface area (Å²) in [5, 5.41) is 0. The average Bonchev–Trinajstić information content (AvgIpc) is 3.16. The van der Waals surface area contributed by atoms with Gasteiger partial charge in [0.2, 0.25) is 0 Å². The fraction of sp³-hybridized carbons (Fsp3) is 0.391. The number of pyridine rings is 1. The Morgan fingerprint density at radius 3 is 2.80 bits per heavy atom. The van der Waals surface area contributed by atoms with Gasteiger partial charge in [-0.25, -0.2) is 4.39 Å². The number of methoxy groups -OCH3 is 1. The van der Waals surface area contributed by atoms with Crippen molar-refractivity contribution in [1.82, 2.24) is 14.5 Å². The van der Waals surface area contributed by atoms with Crippen LogP contribution in [0.3, 0.4) is 0 Å². The second-order valence-corrected chi connectivity index (χ2v) is 7.71. The van der Waals surface area contributed by atoms with Crippen molar-refractivity contribution in [1.29, 1.82) is 0 Å². The number of halogens is 1. The number of ether oxygens (including phenoxy) is 1. The fourth-order valence-corrected chi connectivity index (χ4v) is 4.27. The van der Waals surface area contributed by atoms with E-state index in [9.17, 15) is 9.18 Å². The van der Waals surface area contributed by atoms with Crippen molar-refractivity contribution in [2.24, 2.45) is 5.73 Å². The van der Waals surface area contributed by atoms with Gasteiger partial charge in [-0.1, -0.05) is 12.1 Å². The molecule has 0 unspecified atom stereocenters. The third-order valence-electron chi connectivity index (χ3n) is 5.93. The van der Waals surface area contributed by atoms with E-state index >= 15 is 0 Å². The number of benzene rings is 1. The van der Waals surface area contributed by atoms with E-state index in [4.69, 9.17) is 10.5 Å². The number of aromatic nitrogens is 2. The van der Waals surface area contributed by atoms with E-state index in [0.717, 1.165) is 29.4 Å². The SMILES string of the molecule is COCCn1c(C(=O)N2CCC(c3cc(CN)ccc3F)CC2)cc2ncccc21. The molecule has 1 saturated heterocycles. The van der Waals surface area contributed by atoms with Crippen LogP contribution in [-0.4, -0.2) is 47.2 Å². The molecule has 0 aliphatic carbocycles. The van der Waals surface area contributed by atoms with Gasteiger partial charge in [0.1, 0.15) is 11.5 Å². The van der Waals surface area contributed by atoms with Gasteiger partial charge in [0.15, 0.2) is 0 Å². The molecule has 4 rings (SSSR count). The van der Waals surface area contributed by atoms with Crippen LogP contribution in [0.15, 0.2) is 42.6 Å². The second-order valence-electron chi connectivity index (χ2n) is 7.71. The largest absolute Gasteiger partial charge is 0.383 e. The third-order valence-corrected chi connectivity index (χ3v) is 5.93. The molecule has 158 valence electrons. The van der Waals surface area contributed by atoms with Crippen molar-refractivity contribution >= 4 is 16.9 Å². The maximum atomic E-state index is 14.4. The van der Waals surface area contributed by atoms with E-state index in [0.29, 0.717) is 44.0 Å². The Morgan fingerprint density at radius 2 is 2.07 bits per heavy atom. The summed E-state index contributed by atoms with van der Waals surface area (Å²) in [5.41, 5.74) is 9.70. The number of fused-ring (bicyclic) bond motifs is 1. The van der Waals surface area contributed by atoms with Crippen LogP contribution in [0.1, 0.15) is 40.4 Å². The van der Waals surface area contributed by atoms with Crippen LogP contribution in [0, 0.1) is 5.82 Å². The number of nitrogens with two attached hydrogens (primary N) is 1. The van der Waals surface area contributed by atoms with Crippen molar-refractivity contribution in [2.45, 2.75) is 31.8 Å². The van der Waals surface area contributed by atoms with Crippen LogP contribution in [0.2, 0.25) is 0 Å². The maximum Gasteiger partial charge on any atom is 0.270 e. The summed E-state index contributed by atoms with van der Waals surface area (Å²) < 4.78 is 21.6. The molecule has 1 aliphatic heterocycles. The Hall–Kier alpha value is -2.77. The molecule has 0 bridgehead atoms. The number of hydrogen-bond acceptors (Lipinski definition) is 4. The molecule has 0 atom stereocenters. The van der Waals surface area contributed by atoms with Gasteiger partial charge in [-0.05, 0) is 54.2 Å². The summed E-state index contributed by atoms with van der Waals surface area (Å²) in [6, 6.07) is 10.8. The number of carbonyl (C=O) groups is 1. The normalized spacial score (nSPS) is 15.1. The number of nitrogens with zero attached hydrogens (tertiary/aromatic N) is 3. The monoisotopic (exact) mass is 410 g/mol. The lowest BCUT2D eigenvalue weighted by atomic mass is 9.88. The molecular formula is C23H27FN4O2. The first-order valence-electron chi connectivity index (χ1n) is 10.3. The molecule has 3 heterocycles. The van der Waals surface area contributed by atoms with E-state index < -0.39 is 0 Å². The zero-order valence-electron chi connectivity index (χ0n) is 17.2. The van der Waals surface area contributed by atoms with Gasteiger partial charge in [0.05, 0.1) is 17.6 Å². The van der Waals surface area contributed by atoms with Crippen LogP contribution >= 0.6 is 0 Å². The Kier molecular flexibility index (Phi) is 6.11. The summed E-state index contributed by atoms with van der Waals surface area (Å²) >= 11 is 0. The molecule has 7 heteroatoms. The topological polar surface area (TPSA) is 73.4 Å². The molecule has 0 radical (unpaired) electrons. The zero-order valence-corrected chi connectivity index (χ0v) is 17.2. The molecule has 2 aromatic heterocycles. The van der Waals surface area contributed by atoms with Crippen LogP contribution in [0.5, 0.6) is 0 Å². The highest BCUT2D eigenvalue weighted by atomic mass is 19.1. The minimum absolute atomic E-state index is 0.0151. The number of carbonyl (C=O) groups excluding carboxylic acids is 1. The predicted octanol–water partition coefficient (Wildman–Crippen LogP) is 3.30. The summed E-state index contributed by atoms with van der Waals surface area (Å²) in [5.74, 6) is -0.108. The van der Waals surface area contributed by atoms with Crippen molar-refractivity contribution in [3.63, 3.8) is 0 Å². The summed E-state index contributed by atoms with van der Waals surface area (Å²) in [6.45, 7) is 2.67. The quantitative estimate of drug-likeness (QED) is 0.677. The highest BCUT2D eigenvalue weighted by Crippen LogP contribution is 2.31. The second kappa shape index (κ2) is 8.93. The highest BCUT2D eigenvalue weighted by molar-refractivity contribution is 5.97. The van der Waals surface area contributed by atoms with E-state index in [1.165, 1.54) is 6.07 Å². The number of rotatable bonds is 6. The van der Waals surface area contributed by atoms with E-state index in [1.807, 2.05) is 33.7 Å². The Bertz CT molecular complexity index is 1040. The van der Waals surface area contributed by atoms with Gasteiger partial charge < -0.3 is 19.9 Å².